The molecule has 0 aliphatic rings. The predicted molar refractivity (Wildman–Crippen MR) is 121 cm³/mol. The SMILES string of the molecule is CNC.Cc1cc2cc(Nc3ncc(F)c(Nc4ccc(Cl)c(Cl)c4)n3)ccc2o1. The van der Waals surface area contributed by atoms with Gasteiger partial charge in [0.15, 0.2) is 11.6 Å². The fourth-order valence-electron chi connectivity index (χ4n) is 2.61. The van der Waals surface area contributed by atoms with E-state index in [1.54, 1.807) is 18.2 Å². The first-order valence-corrected chi connectivity index (χ1v) is 9.75. The molecule has 0 saturated heterocycles. The summed E-state index contributed by atoms with van der Waals surface area (Å²) in [6, 6.07) is 12.4. The van der Waals surface area contributed by atoms with E-state index >= 15 is 0 Å². The molecule has 0 aliphatic carbocycles. The van der Waals surface area contributed by atoms with Crippen molar-refractivity contribution in [1.29, 1.82) is 0 Å². The Labute approximate surface area is 183 Å². The molecule has 0 aliphatic heterocycles. The zero-order chi connectivity index (χ0) is 21.7. The molecule has 0 spiro atoms. The number of aromatic nitrogens is 2. The average molecular weight is 448 g/mol. The van der Waals surface area contributed by atoms with Gasteiger partial charge in [0.1, 0.15) is 11.3 Å². The van der Waals surface area contributed by atoms with Crippen LogP contribution in [-0.4, -0.2) is 24.1 Å². The van der Waals surface area contributed by atoms with Crippen LogP contribution in [0.3, 0.4) is 0 Å². The smallest absolute Gasteiger partial charge is 0.229 e. The molecule has 0 saturated carbocycles. The molecule has 2 aromatic carbocycles. The van der Waals surface area contributed by atoms with Gasteiger partial charge in [-0.05, 0) is 63.5 Å². The Morgan fingerprint density at radius 1 is 0.933 bits per heavy atom. The van der Waals surface area contributed by atoms with Crippen molar-refractivity contribution in [2.45, 2.75) is 6.92 Å². The summed E-state index contributed by atoms with van der Waals surface area (Å²) in [5, 5.41) is 10.4. The predicted octanol–water partition coefficient (Wildman–Crippen LogP) is 6.30. The van der Waals surface area contributed by atoms with E-state index < -0.39 is 5.82 Å². The minimum atomic E-state index is -0.590. The van der Waals surface area contributed by atoms with Crippen LogP contribution in [0.25, 0.3) is 11.0 Å². The number of halogens is 3. The minimum Gasteiger partial charge on any atom is -0.461 e. The first-order valence-electron chi connectivity index (χ1n) is 9.00. The summed E-state index contributed by atoms with van der Waals surface area (Å²) in [4.78, 5) is 8.18. The summed E-state index contributed by atoms with van der Waals surface area (Å²) in [5.74, 6) is 0.505. The van der Waals surface area contributed by atoms with E-state index in [0.717, 1.165) is 28.6 Å². The highest BCUT2D eigenvalue weighted by Gasteiger charge is 2.10. The van der Waals surface area contributed by atoms with Crippen LogP contribution >= 0.6 is 23.2 Å². The zero-order valence-electron chi connectivity index (χ0n) is 16.6. The molecule has 0 amide bonds. The van der Waals surface area contributed by atoms with Gasteiger partial charge < -0.3 is 20.4 Å². The fourth-order valence-corrected chi connectivity index (χ4v) is 2.91. The lowest BCUT2D eigenvalue weighted by Gasteiger charge is -2.10. The molecular formula is C21H20Cl2FN5O. The van der Waals surface area contributed by atoms with Crippen molar-refractivity contribution in [2.75, 3.05) is 24.7 Å². The van der Waals surface area contributed by atoms with E-state index in [9.17, 15) is 4.39 Å². The van der Waals surface area contributed by atoms with Gasteiger partial charge in [0.2, 0.25) is 5.95 Å². The molecular weight excluding hydrogens is 428 g/mol. The van der Waals surface area contributed by atoms with Crippen LogP contribution < -0.4 is 16.0 Å². The molecule has 156 valence electrons. The Morgan fingerprint density at radius 2 is 1.63 bits per heavy atom. The van der Waals surface area contributed by atoms with E-state index in [0.29, 0.717) is 15.7 Å². The summed E-state index contributed by atoms with van der Waals surface area (Å²) in [7, 11) is 3.75. The first-order chi connectivity index (χ1) is 14.4. The molecule has 3 N–H and O–H groups in total. The van der Waals surface area contributed by atoms with Crippen molar-refractivity contribution in [3.63, 3.8) is 0 Å². The largest absolute Gasteiger partial charge is 0.461 e. The zero-order valence-corrected chi connectivity index (χ0v) is 18.1. The Hall–Kier alpha value is -2.87. The van der Waals surface area contributed by atoms with Crippen molar-refractivity contribution >= 4 is 57.3 Å². The number of anilines is 4. The number of aryl methyl sites for hydroxylation is 1. The molecule has 4 rings (SSSR count). The number of nitrogens with one attached hydrogen (secondary N) is 3. The normalized spacial score (nSPS) is 10.5. The van der Waals surface area contributed by atoms with Crippen molar-refractivity contribution in [3.8, 4) is 0 Å². The lowest BCUT2D eigenvalue weighted by molar-refractivity contribution is 0.578. The Balaban J connectivity index is 0.000000806. The quantitative estimate of drug-likeness (QED) is 0.340. The minimum absolute atomic E-state index is 0.0196. The second-order valence-electron chi connectivity index (χ2n) is 6.38. The highest BCUT2D eigenvalue weighted by molar-refractivity contribution is 6.42. The average Bonchev–Trinajstić information content (AvgIpc) is 3.07. The molecule has 0 radical (unpaired) electrons. The van der Waals surface area contributed by atoms with Gasteiger partial charge in [-0.15, -0.1) is 0 Å². The number of hydrogen-bond acceptors (Lipinski definition) is 6. The third kappa shape index (κ3) is 5.38. The van der Waals surface area contributed by atoms with Gasteiger partial charge in [-0.1, -0.05) is 23.2 Å². The Kier molecular flexibility index (Phi) is 7.10. The van der Waals surface area contributed by atoms with E-state index in [-0.39, 0.29) is 11.8 Å². The fraction of sp³-hybridized carbons (Fsp3) is 0.143. The van der Waals surface area contributed by atoms with Crippen molar-refractivity contribution in [3.05, 3.63) is 70.3 Å². The molecule has 30 heavy (non-hydrogen) atoms. The summed E-state index contributed by atoms with van der Waals surface area (Å²) >= 11 is 11.9. The van der Waals surface area contributed by atoms with Crippen LogP contribution in [-0.2, 0) is 0 Å². The molecule has 0 unspecified atom stereocenters. The molecule has 6 nitrogen and oxygen atoms in total. The lowest BCUT2D eigenvalue weighted by atomic mass is 10.2. The van der Waals surface area contributed by atoms with Crippen molar-refractivity contribution in [1.82, 2.24) is 15.3 Å². The monoisotopic (exact) mass is 447 g/mol. The summed E-state index contributed by atoms with van der Waals surface area (Å²) in [5.41, 5.74) is 2.11. The third-order valence-corrected chi connectivity index (χ3v) is 4.56. The first kappa shape index (κ1) is 21.8. The van der Waals surface area contributed by atoms with Crippen molar-refractivity contribution < 1.29 is 8.81 Å². The number of furan rings is 1. The molecule has 2 aromatic heterocycles. The highest BCUT2D eigenvalue weighted by atomic mass is 35.5. The maximum absolute atomic E-state index is 14.1. The van der Waals surface area contributed by atoms with Gasteiger partial charge in [0.05, 0.1) is 16.2 Å². The van der Waals surface area contributed by atoms with Crippen LogP contribution in [0.4, 0.5) is 27.5 Å². The van der Waals surface area contributed by atoms with Gasteiger partial charge in [-0.2, -0.15) is 4.98 Å². The van der Waals surface area contributed by atoms with E-state index in [1.807, 2.05) is 45.3 Å². The van der Waals surface area contributed by atoms with Gasteiger partial charge in [0, 0.05) is 16.8 Å². The topological polar surface area (TPSA) is 75.0 Å². The van der Waals surface area contributed by atoms with Crippen LogP contribution in [0.5, 0.6) is 0 Å². The van der Waals surface area contributed by atoms with Crippen molar-refractivity contribution in [2.24, 2.45) is 0 Å². The number of fused-ring (bicyclic) bond motifs is 1. The molecule has 0 atom stereocenters. The van der Waals surface area contributed by atoms with Crippen LogP contribution in [0.1, 0.15) is 5.76 Å². The number of benzene rings is 2. The Bertz CT molecular complexity index is 1170. The summed E-state index contributed by atoms with van der Waals surface area (Å²) < 4.78 is 19.7. The lowest BCUT2D eigenvalue weighted by Crippen LogP contribution is -2.03. The molecule has 0 fully saturated rings. The summed E-state index contributed by atoms with van der Waals surface area (Å²) in [6.45, 7) is 1.89. The number of nitrogens with zero attached hydrogens (tertiary/aromatic N) is 2. The van der Waals surface area contributed by atoms with Gasteiger partial charge in [0.25, 0.3) is 0 Å². The van der Waals surface area contributed by atoms with Crippen LogP contribution in [0.2, 0.25) is 10.0 Å². The standard InChI is InChI=1S/C19H13Cl2FN4O.C2H7N/c1-10-6-11-7-12(3-5-17(11)27-10)25-19-23-9-16(22)18(26-19)24-13-2-4-14(20)15(21)8-13;1-3-2/h2-9H,1H3,(H2,23,24,25,26);3H,1-2H3. The van der Waals surface area contributed by atoms with Gasteiger partial charge in [-0.3, -0.25) is 0 Å². The number of rotatable bonds is 4. The third-order valence-electron chi connectivity index (χ3n) is 3.82. The van der Waals surface area contributed by atoms with Crippen LogP contribution in [0, 0.1) is 12.7 Å². The van der Waals surface area contributed by atoms with E-state index in [1.165, 1.54) is 0 Å². The summed E-state index contributed by atoms with van der Waals surface area (Å²) in [6.07, 6.45) is 1.09. The number of hydrogen-bond donors (Lipinski definition) is 3. The second kappa shape index (κ2) is 9.75. The molecule has 9 heteroatoms. The second-order valence-corrected chi connectivity index (χ2v) is 7.19. The van der Waals surface area contributed by atoms with Gasteiger partial charge >= 0.3 is 0 Å². The van der Waals surface area contributed by atoms with Crippen LogP contribution in [0.15, 0.2) is 53.1 Å². The Morgan fingerprint density at radius 3 is 2.37 bits per heavy atom. The van der Waals surface area contributed by atoms with E-state index in [4.69, 9.17) is 27.6 Å². The molecule has 2 heterocycles. The maximum Gasteiger partial charge on any atom is 0.229 e. The molecule has 4 aromatic rings. The van der Waals surface area contributed by atoms with E-state index in [2.05, 4.69) is 25.9 Å². The van der Waals surface area contributed by atoms with Gasteiger partial charge in [-0.25, -0.2) is 9.37 Å². The maximum atomic E-state index is 14.1. The highest BCUT2D eigenvalue weighted by Crippen LogP contribution is 2.28. The molecule has 0 bridgehead atoms.